The van der Waals surface area contributed by atoms with Gasteiger partial charge in [0, 0.05) is 18.1 Å². The maximum absolute atomic E-state index is 6.24. The van der Waals surface area contributed by atoms with E-state index in [0.717, 1.165) is 18.5 Å². The van der Waals surface area contributed by atoms with Crippen molar-refractivity contribution in [1.29, 1.82) is 0 Å². The topological polar surface area (TPSA) is 29.3 Å². The normalized spacial score (nSPS) is 38.8. The first kappa shape index (κ1) is 12.9. The fourth-order valence-electron chi connectivity index (χ4n) is 4.67. The van der Waals surface area contributed by atoms with Crippen molar-refractivity contribution in [2.45, 2.75) is 76.8 Å². The van der Waals surface area contributed by atoms with E-state index in [1.807, 2.05) is 0 Å². The summed E-state index contributed by atoms with van der Waals surface area (Å²) in [5.74, 6) is 0.973. The van der Waals surface area contributed by atoms with E-state index in [0.29, 0.717) is 5.41 Å². The zero-order valence-corrected chi connectivity index (χ0v) is 12.3. The van der Waals surface area contributed by atoms with Gasteiger partial charge in [-0.3, -0.25) is 4.90 Å². The minimum Gasteiger partial charge on any atom is -0.329 e. The molecule has 2 nitrogen and oxygen atoms in total. The van der Waals surface area contributed by atoms with Crippen LogP contribution in [-0.2, 0) is 0 Å². The van der Waals surface area contributed by atoms with Crippen LogP contribution in [0.5, 0.6) is 0 Å². The van der Waals surface area contributed by atoms with Crippen molar-refractivity contribution in [2.75, 3.05) is 13.1 Å². The summed E-state index contributed by atoms with van der Waals surface area (Å²) in [6, 6.07) is 0.846. The molecule has 3 unspecified atom stereocenters. The number of fused-ring (bicyclic) bond motifs is 1. The van der Waals surface area contributed by atoms with E-state index < -0.39 is 0 Å². The first-order valence-corrected chi connectivity index (χ1v) is 8.08. The van der Waals surface area contributed by atoms with Gasteiger partial charge in [-0.25, -0.2) is 0 Å². The molecule has 104 valence electrons. The largest absolute Gasteiger partial charge is 0.329 e. The number of nitrogens with zero attached hydrogens (tertiary/aromatic N) is 1. The summed E-state index contributed by atoms with van der Waals surface area (Å²) in [6.07, 6.45) is 11.4. The Balaban J connectivity index is 1.84. The molecule has 0 aromatic carbocycles. The molecule has 0 aromatic rings. The molecule has 2 heteroatoms. The van der Waals surface area contributed by atoms with Crippen LogP contribution in [0.2, 0.25) is 0 Å². The van der Waals surface area contributed by atoms with Gasteiger partial charge < -0.3 is 5.73 Å². The summed E-state index contributed by atoms with van der Waals surface area (Å²) < 4.78 is 0. The van der Waals surface area contributed by atoms with Crippen molar-refractivity contribution in [3.63, 3.8) is 0 Å². The number of hydrogen-bond acceptors (Lipinski definition) is 2. The molecule has 3 fully saturated rings. The molecule has 3 rings (SSSR count). The Kier molecular flexibility index (Phi) is 3.22. The van der Waals surface area contributed by atoms with Gasteiger partial charge in [0.25, 0.3) is 0 Å². The predicted octanol–water partition coefficient (Wildman–Crippen LogP) is 3.16. The summed E-state index contributed by atoms with van der Waals surface area (Å²) in [4.78, 5) is 2.85. The quantitative estimate of drug-likeness (QED) is 0.833. The highest BCUT2D eigenvalue weighted by atomic mass is 15.3. The molecule has 0 amide bonds. The molecule has 0 radical (unpaired) electrons. The second-order valence-electron chi connectivity index (χ2n) is 7.49. The van der Waals surface area contributed by atoms with E-state index in [2.05, 4.69) is 18.7 Å². The Morgan fingerprint density at radius 1 is 1.17 bits per heavy atom. The molecule has 3 aliphatic rings. The van der Waals surface area contributed by atoms with Gasteiger partial charge in [-0.1, -0.05) is 19.8 Å². The summed E-state index contributed by atoms with van der Waals surface area (Å²) in [5, 5.41) is 0. The predicted molar refractivity (Wildman–Crippen MR) is 76.5 cm³/mol. The molecule has 1 heterocycles. The molecular formula is C16H30N2. The van der Waals surface area contributed by atoms with Gasteiger partial charge in [-0.2, -0.15) is 0 Å². The first-order valence-electron chi connectivity index (χ1n) is 8.08. The Hall–Kier alpha value is -0.0800. The molecule has 0 aromatic heterocycles. The Labute approximate surface area is 112 Å². The lowest BCUT2D eigenvalue weighted by atomic mass is 9.73. The zero-order valence-electron chi connectivity index (χ0n) is 12.3. The Bertz CT molecular complexity index is 308. The Morgan fingerprint density at radius 2 is 1.83 bits per heavy atom. The van der Waals surface area contributed by atoms with Crippen LogP contribution in [-0.4, -0.2) is 29.6 Å². The molecule has 2 aliphatic carbocycles. The van der Waals surface area contributed by atoms with Crippen LogP contribution in [0.4, 0.5) is 0 Å². The van der Waals surface area contributed by atoms with Crippen molar-refractivity contribution in [2.24, 2.45) is 17.1 Å². The minimum absolute atomic E-state index is 0.258. The average molecular weight is 250 g/mol. The summed E-state index contributed by atoms with van der Waals surface area (Å²) in [6.45, 7) is 7.06. The van der Waals surface area contributed by atoms with Crippen LogP contribution in [0.25, 0.3) is 0 Å². The number of nitrogens with two attached hydrogens (primary N) is 1. The van der Waals surface area contributed by atoms with Gasteiger partial charge >= 0.3 is 0 Å². The smallest absolute Gasteiger partial charge is 0.0360 e. The third-order valence-corrected chi connectivity index (χ3v) is 6.57. The third-order valence-electron chi connectivity index (χ3n) is 6.57. The summed E-state index contributed by atoms with van der Waals surface area (Å²) in [7, 11) is 0. The molecule has 2 N–H and O–H groups in total. The lowest BCUT2D eigenvalue weighted by Crippen LogP contribution is -2.64. The molecule has 1 aliphatic heterocycles. The van der Waals surface area contributed by atoms with Gasteiger partial charge in [0.15, 0.2) is 0 Å². The maximum atomic E-state index is 6.24. The van der Waals surface area contributed by atoms with Crippen LogP contribution in [0.1, 0.15) is 65.2 Å². The van der Waals surface area contributed by atoms with Gasteiger partial charge in [0.1, 0.15) is 0 Å². The van der Waals surface area contributed by atoms with Crippen molar-refractivity contribution < 1.29 is 0 Å². The fraction of sp³-hybridized carbons (Fsp3) is 1.00. The summed E-state index contributed by atoms with van der Waals surface area (Å²) >= 11 is 0. The van der Waals surface area contributed by atoms with Crippen molar-refractivity contribution in [3.05, 3.63) is 0 Å². The zero-order chi connectivity index (χ0) is 12.8. The highest BCUT2D eigenvalue weighted by Crippen LogP contribution is 2.57. The van der Waals surface area contributed by atoms with Crippen molar-refractivity contribution >= 4 is 0 Å². The van der Waals surface area contributed by atoms with Crippen molar-refractivity contribution in [3.8, 4) is 0 Å². The molecule has 3 atom stereocenters. The Morgan fingerprint density at radius 3 is 2.50 bits per heavy atom. The van der Waals surface area contributed by atoms with Crippen molar-refractivity contribution in [1.82, 2.24) is 4.90 Å². The van der Waals surface area contributed by atoms with Gasteiger partial charge in [-0.05, 0) is 63.3 Å². The highest BCUT2D eigenvalue weighted by molar-refractivity contribution is 5.12. The number of likely N-dealkylation sites (tertiary alicyclic amines) is 1. The number of rotatable bonds is 3. The number of piperidine rings is 1. The second kappa shape index (κ2) is 4.49. The SMILES string of the molecule is CC1(C(C)(CN)N2CCCC3CCCCC32)CC1. The minimum atomic E-state index is 0.258. The third kappa shape index (κ3) is 1.84. The maximum Gasteiger partial charge on any atom is 0.0360 e. The van der Waals surface area contributed by atoms with Gasteiger partial charge in [0.05, 0.1) is 0 Å². The van der Waals surface area contributed by atoms with Gasteiger partial charge in [0.2, 0.25) is 0 Å². The lowest BCUT2D eigenvalue weighted by molar-refractivity contribution is -0.0492. The molecular weight excluding hydrogens is 220 g/mol. The van der Waals surface area contributed by atoms with E-state index in [-0.39, 0.29) is 5.54 Å². The van der Waals surface area contributed by atoms with E-state index in [4.69, 9.17) is 5.73 Å². The van der Waals surface area contributed by atoms with Crippen LogP contribution < -0.4 is 5.73 Å². The second-order valence-corrected chi connectivity index (χ2v) is 7.49. The van der Waals surface area contributed by atoms with E-state index in [1.54, 1.807) is 0 Å². The average Bonchev–Trinajstić information content (AvgIpc) is 3.17. The monoisotopic (exact) mass is 250 g/mol. The molecule has 2 saturated carbocycles. The number of hydrogen-bond donors (Lipinski definition) is 1. The fourth-order valence-corrected chi connectivity index (χ4v) is 4.67. The standard InChI is InChI=1S/C16H30N2/c1-15(9-10-15)16(2,12-17)18-11-5-7-13-6-3-4-8-14(13)18/h13-14H,3-12,17H2,1-2H3. The lowest BCUT2D eigenvalue weighted by Gasteiger charge is -2.55. The molecule has 1 saturated heterocycles. The van der Waals surface area contributed by atoms with Crippen LogP contribution in [0.3, 0.4) is 0 Å². The van der Waals surface area contributed by atoms with Crippen LogP contribution >= 0.6 is 0 Å². The molecule has 0 bridgehead atoms. The molecule has 18 heavy (non-hydrogen) atoms. The van der Waals surface area contributed by atoms with E-state index >= 15 is 0 Å². The first-order chi connectivity index (χ1) is 8.61. The van der Waals surface area contributed by atoms with E-state index in [1.165, 1.54) is 57.9 Å². The van der Waals surface area contributed by atoms with E-state index in [9.17, 15) is 0 Å². The molecule has 0 spiro atoms. The van der Waals surface area contributed by atoms with Gasteiger partial charge in [-0.15, -0.1) is 0 Å². The summed E-state index contributed by atoms with van der Waals surface area (Å²) in [5.41, 5.74) is 7.00. The van der Waals surface area contributed by atoms with Crippen LogP contribution in [0.15, 0.2) is 0 Å². The van der Waals surface area contributed by atoms with Crippen LogP contribution in [0, 0.1) is 11.3 Å². The highest BCUT2D eigenvalue weighted by Gasteiger charge is 2.57.